The van der Waals surface area contributed by atoms with E-state index in [9.17, 15) is 0 Å². The Morgan fingerprint density at radius 3 is 3.33 bits per heavy atom. The van der Waals surface area contributed by atoms with Crippen molar-refractivity contribution in [2.24, 2.45) is 0 Å². The molecule has 43 valence electrons. The van der Waals surface area contributed by atoms with Crippen LogP contribution >= 0.6 is 0 Å². The zero-order chi connectivity index (χ0) is 6.10. The number of hydrogen-bond acceptors (Lipinski definition) is 1. The summed E-state index contributed by atoms with van der Waals surface area (Å²) in [5.74, 6) is 0. The van der Waals surface area contributed by atoms with Gasteiger partial charge in [0, 0.05) is 18.0 Å². The number of aromatic nitrogens is 2. The summed E-state index contributed by atoms with van der Waals surface area (Å²) in [4.78, 5) is 6.92. The predicted molar refractivity (Wildman–Crippen MR) is 34.0 cm³/mol. The maximum absolute atomic E-state index is 4.07. The highest BCUT2D eigenvalue weighted by molar-refractivity contribution is 5.58. The van der Waals surface area contributed by atoms with Gasteiger partial charge in [-0.15, -0.1) is 0 Å². The van der Waals surface area contributed by atoms with E-state index in [-0.39, 0.29) is 0 Å². The molecule has 1 radical (unpaired) electrons. The Morgan fingerprint density at radius 1 is 1.44 bits per heavy atom. The summed E-state index contributed by atoms with van der Waals surface area (Å²) in [7, 11) is 0. The van der Waals surface area contributed by atoms with Crippen LogP contribution in [0, 0.1) is 6.20 Å². The van der Waals surface area contributed by atoms with Gasteiger partial charge >= 0.3 is 0 Å². The van der Waals surface area contributed by atoms with Crippen LogP contribution in [0.1, 0.15) is 0 Å². The first-order chi connectivity index (χ1) is 4.47. The molecule has 0 amide bonds. The minimum absolute atomic E-state index is 0.994. The van der Waals surface area contributed by atoms with Crippen LogP contribution in [-0.4, -0.2) is 9.97 Å². The number of H-pyrrole nitrogens is 1. The van der Waals surface area contributed by atoms with Crippen LogP contribution in [0.4, 0.5) is 0 Å². The molecule has 2 heteroatoms. The van der Waals surface area contributed by atoms with E-state index in [0.29, 0.717) is 0 Å². The van der Waals surface area contributed by atoms with Gasteiger partial charge in [-0.2, -0.15) is 0 Å². The van der Waals surface area contributed by atoms with Gasteiger partial charge in [-0.1, -0.05) is 0 Å². The molecule has 0 bridgehead atoms. The van der Waals surface area contributed by atoms with Crippen molar-refractivity contribution in [3.63, 3.8) is 0 Å². The Balaban J connectivity index is 2.79. The maximum atomic E-state index is 4.07. The number of fused-ring (bicyclic) bond motifs is 1. The van der Waals surface area contributed by atoms with Gasteiger partial charge in [0.25, 0.3) is 0 Å². The predicted octanol–water partition coefficient (Wildman–Crippen LogP) is 1.31. The lowest BCUT2D eigenvalue weighted by Crippen LogP contribution is -1.76. The zero-order valence-electron chi connectivity index (χ0n) is 4.76. The molecule has 2 aliphatic heterocycles. The van der Waals surface area contributed by atoms with Crippen molar-refractivity contribution >= 4 is 0 Å². The van der Waals surface area contributed by atoms with Crippen LogP contribution in [-0.2, 0) is 0 Å². The molecule has 0 fully saturated rings. The van der Waals surface area contributed by atoms with Gasteiger partial charge in [0.15, 0.2) is 0 Å². The number of hydrogen-bond donors (Lipinski definition) is 1. The molecule has 0 saturated carbocycles. The van der Waals surface area contributed by atoms with Crippen LogP contribution in [0.3, 0.4) is 0 Å². The maximum Gasteiger partial charge on any atom is 0.0738 e. The summed E-state index contributed by atoms with van der Waals surface area (Å²) in [6, 6.07) is 3.84. The molecule has 0 unspecified atom stereocenters. The molecule has 2 aliphatic rings. The molecule has 0 aromatic heterocycles. The molecule has 0 aliphatic carbocycles. The lowest BCUT2D eigenvalue weighted by Gasteiger charge is -1.90. The first kappa shape index (κ1) is 4.56. The molecule has 0 aromatic carbocycles. The molecule has 0 atom stereocenters. The van der Waals surface area contributed by atoms with E-state index < -0.39 is 0 Å². The van der Waals surface area contributed by atoms with Gasteiger partial charge < -0.3 is 4.98 Å². The first-order valence-corrected chi connectivity index (χ1v) is 2.76. The van der Waals surface area contributed by atoms with Crippen molar-refractivity contribution in [3.8, 4) is 11.3 Å². The third-order valence-electron chi connectivity index (χ3n) is 1.26. The fourth-order valence-corrected chi connectivity index (χ4v) is 0.826. The van der Waals surface area contributed by atoms with Crippen molar-refractivity contribution in [3.05, 3.63) is 30.7 Å². The standard InChI is InChI=1S/C7H5N2/c1-4-9-7-2-3-8-5-6(1)7/h1-4,8H. The van der Waals surface area contributed by atoms with E-state index in [2.05, 4.69) is 16.2 Å². The van der Waals surface area contributed by atoms with E-state index in [0.717, 1.165) is 11.3 Å². The molecular weight excluding hydrogens is 112 g/mol. The van der Waals surface area contributed by atoms with E-state index >= 15 is 0 Å². The Hall–Kier alpha value is -1.31. The molecule has 9 heavy (non-hydrogen) atoms. The van der Waals surface area contributed by atoms with E-state index in [1.807, 2.05) is 18.3 Å². The van der Waals surface area contributed by atoms with Gasteiger partial charge in [-0.3, -0.25) is 4.98 Å². The van der Waals surface area contributed by atoms with Crippen LogP contribution in [0.15, 0.2) is 24.5 Å². The lowest BCUT2D eigenvalue weighted by atomic mass is 10.2. The normalized spacial score (nSPS) is 10.2. The monoisotopic (exact) mass is 117 g/mol. The third-order valence-corrected chi connectivity index (χ3v) is 1.26. The topological polar surface area (TPSA) is 28.7 Å². The summed E-state index contributed by atoms with van der Waals surface area (Å²) in [5.41, 5.74) is 2.03. The minimum Gasteiger partial charge on any atom is -0.359 e. The van der Waals surface area contributed by atoms with Crippen molar-refractivity contribution in [1.29, 1.82) is 0 Å². The van der Waals surface area contributed by atoms with Crippen LogP contribution in [0.25, 0.3) is 11.3 Å². The Bertz CT molecular complexity index is 247. The van der Waals surface area contributed by atoms with Crippen molar-refractivity contribution in [2.75, 3.05) is 0 Å². The summed E-state index contributed by atoms with van der Waals surface area (Å²) >= 11 is 0. The number of aromatic amines is 1. The van der Waals surface area contributed by atoms with Crippen LogP contribution in [0.2, 0.25) is 0 Å². The second-order valence-corrected chi connectivity index (χ2v) is 1.85. The summed E-state index contributed by atoms with van der Waals surface area (Å²) in [6.07, 6.45) is 6.53. The molecule has 2 rings (SSSR count). The van der Waals surface area contributed by atoms with Gasteiger partial charge in [0.2, 0.25) is 0 Å². The van der Waals surface area contributed by atoms with E-state index in [4.69, 9.17) is 0 Å². The van der Waals surface area contributed by atoms with E-state index in [1.165, 1.54) is 0 Å². The van der Waals surface area contributed by atoms with Gasteiger partial charge in [-0.25, -0.2) is 0 Å². The molecule has 0 aromatic rings. The highest BCUT2D eigenvalue weighted by Gasteiger charge is 1.98. The highest BCUT2D eigenvalue weighted by atomic mass is 14.7. The van der Waals surface area contributed by atoms with Gasteiger partial charge in [0.1, 0.15) is 0 Å². The average molecular weight is 117 g/mol. The summed E-state index contributed by atoms with van der Waals surface area (Å²) < 4.78 is 0. The first-order valence-electron chi connectivity index (χ1n) is 2.76. The van der Waals surface area contributed by atoms with E-state index in [1.54, 1.807) is 6.20 Å². The number of rotatable bonds is 0. The Morgan fingerprint density at radius 2 is 2.44 bits per heavy atom. The summed E-state index contributed by atoms with van der Waals surface area (Å²) in [6.45, 7) is 0. The number of nitrogens with zero attached hydrogens (tertiary/aromatic N) is 1. The minimum atomic E-state index is 0.994. The Kier molecular flexibility index (Phi) is 0.803. The Labute approximate surface area is 52.9 Å². The van der Waals surface area contributed by atoms with Crippen LogP contribution < -0.4 is 0 Å². The molecule has 0 spiro atoms. The molecule has 2 heterocycles. The largest absolute Gasteiger partial charge is 0.359 e. The van der Waals surface area contributed by atoms with Gasteiger partial charge in [-0.05, 0) is 12.1 Å². The molecule has 0 saturated heterocycles. The average Bonchev–Trinajstić information content (AvgIpc) is 2.33. The zero-order valence-corrected chi connectivity index (χ0v) is 4.76. The van der Waals surface area contributed by atoms with Crippen molar-refractivity contribution in [1.82, 2.24) is 9.97 Å². The van der Waals surface area contributed by atoms with Gasteiger partial charge in [0.05, 0.1) is 11.9 Å². The second kappa shape index (κ2) is 1.58. The van der Waals surface area contributed by atoms with Crippen molar-refractivity contribution < 1.29 is 0 Å². The second-order valence-electron chi connectivity index (χ2n) is 1.85. The highest BCUT2D eigenvalue weighted by Crippen LogP contribution is 2.15. The SMILES string of the molecule is [c]1[nH]ccc2nccc1-2. The fourth-order valence-electron chi connectivity index (χ4n) is 0.826. The number of pyridine rings is 1. The van der Waals surface area contributed by atoms with Crippen molar-refractivity contribution in [2.45, 2.75) is 0 Å². The summed E-state index contributed by atoms with van der Waals surface area (Å²) in [5, 5.41) is 0. The third kappa shape index (κ3) is 0.598. The lowest BCUT2D eigenvalue weighted by molar-refractivity contribution is 1.29. The molecular formula is C7H5N2. The molecule has 2 nitrogen and oxygen atoms in total. The smallest absolute Gasteiger partial charge is 0.0738 e. The van der Waals surface area contributed by atoms with Crippen LogP contribution in [0.5, 0.6) is 0 Å². The quantitative estimate of drug-likeness (QED) is 0.553. The molecule has 1 N–H and O–H groups in total. The number of nitrogens with one attached hydrogen (secondary N) is 1. The fraction of sp³-hybridized carbons (Fsp3) is 0.